The number of hydrogen-bond donors (Lipinski definition) is 2. The number of hydrogen-bond acceptors (Lipinski definition) is 5. The Balaban J connectivity index is 0.00000480. The van der Waals surface area contributed by atoms with E-state index in [1.54, 1.807) is 20.4 Å². The van der Waals surface area contributed by atoms with Gasteiger partial charge in [-0.05, 0) is 55.0 Å². The third-order valence-electron chi connectivity index (χ3n) is 4.52. The van der Waals surface area contributed by atoms with E-state index in [-0.39, 0.29) is 30.1 Å². The average Bonchev–Trinajstić information content (AvgIpc) is 2.71. The van der Waals surface area contributed by atoms with Crippen LogP contribution < -0.4 is 25.3 Å². The number of pyridine rings is 1. The van der Waals surface area contributed by atoms with Crippen LogP contribution in [-0.2, 0) is 13.0 Å². The molecule has 0 saturated heterocycles. The third kappa shape index (κ3) is 9.63. The molecular formula is C23H35IN4O3. The summed E-state index contributed by atoms with van der Waals surface area (Å²) in [5, 5.41) is 3.14. The van der Waals surface area contributed by atoms with Gasteiger partial charge in [0, 0.05) is 18.8 Å². The molecule has 1 atom stereocenters. The molecule has 0 saturated carbocycles. The van der Waals surface area contributed by atoms with Gasteiger partial charge in [0.05, 0.1) is 26.9 Å². The Morgan fingerprint density at radius 3 is 2.48 bits per heavy atom. The molecule has 0 amide bonds. The smallest absolute Gasteiger partial charge is 0.213 e. The van der Waals surface area contributed by atoms with Crippen LogP contribution in [0.15, 0.2) is 41.5 Å². The van der Waals surface area contributed by atoms with Crippen LogP contribution >= 0.6 is 24.0 Å². The molecule has 172 valence electrons. The number of benzene rings is 1. The first-order valence-electron chi connectivity index (χ1n) is 10.3. The van der Waals surface area contributed by atoms with E-state index in [2.05, 4.69) is 36.1 Å². The van der Waals surface area contributed by atoms with E-state index >= 15 is 0 Å². The topological polar surface area (TPSA) is 91.0 Å². The van der Waals surface area contributed by atoms with Gasteiger partial charge in [-0.2, -0.15) is 0 Å². The van der Waals surface area contributed by atoms with Gasteiger partial charge < -0.3 is 25.3 Å². The Kier molecular flexibility index (Phi) is 12.1. The number of aromatic nitrogens is 1. The van der Waals surface area contributed by atoms with Crippen LogP contribution in [0.3, 0.4) is 0 Å². The second-order valence-electron chi connectivity index (χ2n) is 7.63. The lowest BCUT2D eigenvalue weighted by atomic mass is 10.1. The Bertz CT molecular complexity index is 830. The highest BCUT2D eigenvalue weighted by Gasteiger charge is 2.08. The molecule has 31 heavy (non-hydrogen) atoms. The normalized spacial score (nSPS) is 12.1. The van der Waals surface area contributed by atoms with Gasteiger partial charge >= 0.3 is 0 Å². The van der Waals surface area contributed by atoms with Gasteiger partial charge in [-0.15, -0.1) is 24.0 Å². The molecule has 0 fully saturated rings. The van der Waals surface area contributed by atoms with E-state index in [9.17, 15) is 0 Å². The predicted octanol–water partition coefficient (Wildman–Crippen LogP) is 4.18. The molecule has 1 heterocycles. The Morgan fingerprint density at radius 2 is 1.81 bits per heavy atom. The molecule has 1 aromatic heterocycles. The maximum Gasteiger partial charge on any atom is 0.213 e. The minimum absolute atomic E-state index is 0. The summed E-state index contributed by atoms with van der Waals surface area (Å²) < 4.78 is 16.5. The fourth-order valence-corrected chi connectivity index (χ4v) is 3.13. The highest BCUT2D eigenvalue weighted by atomic mass is 127. The monoisotopic (exact) mass is 542 g/mol. The zero-order valence-electron chi connectivity index (χ0n) is 19.1. The fraction of sp³-hybridized carbons (Fsp3) is 0.478. The molecular weight excluding hydrogens is 507 g/mol. The first-order chi connectivity index (χ1) is 14.4. The van der Waals surface area contributed by atoms with Crippen LogP contribution in [0.2, 0.25) is 0 Å². The summed E-state index contributed by atoms with van der Waals surface area (Å²) in [7, 11) is 3.26. The van der Waals surface area contributed by atoms with Crippen molar-refractivity contribution in [2.45, 2.75) is 46.3 Å². The lowest BCUT2D eigenvalue weighted by Gasteiger charge is -2.16. The zero-order chi connectivity index (χ0) is 21.9. The van der Waals surface area contributed by atoms with E-state index in [0.29, 0.717) is 30.8 Å². The van der Waals surface area contributed by atoms with E-state index in [1.807, 2.05) is 30.3 Å². The van der Waals surface area contributed by atoms with Crippen LogP contribution in [0.1, 0.15) is 38.3 Å². The van der Waals surface area contributed by atoms with Crippen molar-refractivity contribution in [2.75, 3.05) is 20.8 Å². The molecule has 0 aliphatic heterocycles. The van der Waals surface area contributed by atoms with Crippen molar-refractivity contribution in [3.05, 3.63) is 47.7 Å². The molecule has 1 unspecified atom stereocenters. The second-order valence-corrected chi connectivity index (χ2v) is 7.63. The third-order valence-corrected chi connectivity index (χ3v) is 4.52. The number of rotatable bonds is 11. The summed E-state index contributed by atoms with van der Waals surface area (Å²) in [5.41, 5.74) is 8.13. The van der Waals surface area contributed by atoms with Crippen molar-refractivity contribution in [3.63, 3.8) is 0 Å². The average molecular weight is 542 g/mol. The maximum atomic E-state index is 6.01. The van der Waals surface area contributed by atoms with E-state index in [4.69, 9.17) is 19.9 Å². The second kappa shape index (κ2) is 14.0. The molecule has 0 aliphatic rings. The first kappa shape index (κ1) is 26.8. The number of aliphatic imine (C=N–C) groups is 1. The van der Waals surface area contributed by atoms with E-state index in [1.165, 1.54) is 0 Å². The number of nitrogens with zero attached hydrogens (tertiary/aromatic N) is 2. The fourth-order valence-electron chi connectivity index (χ4n) is 3.13. The van der Waals surface area contributed by atoms with Crippen LogP contribution in [0.4, 0.5) is 0 Å². The number of nitrogens with two attached hydrogens (primary N) is 1. The van der Waals surface area contributed by atoms with Crippen LogP contribution in [-0.4, -0.2) is 37.8 Å². The summed E-state index contributed by atoms with van der Waals surface area (Å²) in [5.74, 6) is 3.04. The minimum atomic E-state index is 0. The van der Waals surface area contributed by atoms with Crippen molar-refractivity contribution < 1.29 is 14.2 Å². The van der Waals surface area contributed by atoms with Gasteiger partial charge in [0.1, 0.15) is 0 Å². The standard InChI is InChI=1S/C23H34N4O3.HI/c1-16(2)12-17(3)30-22-14-19(9-10-25-22)15-27-23(24)26-11-8-18-6-7-20(28-4)21(13-18)29-5;/h6-7,9-10,13-14,16-17H,8,11-12,15H2,1-5H3,(H3,24,26,27);1H. The molecule has 0 bridgehead atoms. The van der Waals surface area contributed by atoms with E-state index in [0.717, 1.165) is 35.5 Å². The maximum absolute atomic E-state index is 6.01. The van der Waals surface area contributed by atoms with Gasteiger partial charge in [-0.25, -0.2) is 9.98 Å². The number of halogens is 1. The number of nitrogens with one attached hydrogen (secondary N) is 1. The van der Waals surface area contributed by atoms with Gasteiger partial charge in [-0.3, -0.25) is 0 Å². The van der Waals surface area contributed by atoms with Gasteiger partial charge in [0.15, 0.2) is 17.5 Å². The summed E-state index contributed by atoms with van der Waals surface area (Å²) in [6.07, 6.45) is 3.64. The summed E-state index contributed by atoms with van der Waals surface area (Å²) in [6.45, 7) is 7.56. The lowest BCUT2D eigenvalue weighted by molar-refractivity contribution is 0.185. The summed E-state index contributed by atoms with van der Waals surface area (Å²) in [6, 6.07) is 9.70. The Hall–Kier alpha value is -2.23. The number of methoxy groups -OCH3 is 2. The van der Waals surface area contributed by atoms with Gasteiger partial charge in [0.25, 0.3) is 0 Å². The molecule has 1 aromatic carbocycles. The molecule has 0 spiro atoms. The molecule has 3 N–H and O–H groups in total. The largest absolute Gasteiger partial charge is 0.493 e. The van der Waals surface area contributed by atoms with Crippen molar-refractivity contribution in [2.24, 2.45) is 16.6 Å². The lowest BCUT2D eigenvalue weighted by Crippen LogP contribution is -2.33. The molecule has 2 aromatic rings. The SMILES string of the molecule is COc1ccc(CCNC(N)=NCc2ccnc(OC(C)CC(C)C)c2)cc1OC.I. The molecule has 0 aliphatic carbocycles. The molecule has 2 rings (SSSR count). The van der Waals surface area contributed by atoms with Crippen LogP contribution in [0.25, 0.3) is 0 Å². The minimum Gasteiger partial charge on any atom is -0.493 e. The van der Waals surface area contributed by atoms with Gasteiger partial charge in [0.2, 0.25) is 5.88 Å². The molecule has 7 nitrogen and oxygen atoms in total. The zero-order valence-corrected chi connectivity index (χ0v) is 21.4. The van der Waals surface area contributed by atoms with Gasteiger partial charge in [-0.1, -0.05) is 19.9 Å². The highest BCUT2D eigenvalue weighted by molar-refractivity contribution is 14.0. The van der Waals surface area contributed by atoms with Crippen molar-refractivity contribution in [1.82, 2.24) is 10.3 Å². The summed E-state index contributed by atoms with van der Waals surface area (Å²) in [4.78, 5) is 8.70. The Labute approximate surface area is 202 Å². The molecule has 0 radical (unpaired) electrons. The Morgan fingerprint density at radius 1 is 1.06 bits per heavy atom. The summed E-state index contributed by atoms with van der Waals surface area (Å²) >= 11 is 0. The van der Waals surface area contributed by atoms with Crippen LogP contribution in [0, 0.1) is 5.92 Å². The molecule has 8 heteroatoms. The van der Waals surface area contributed by atoms with Crippen molar-refractivity contribution in [3.8, 4) is 17.4 Å². The number of ether oxygens (including phenoxy) is 3. The van der Waals surface area contributed by atoms with E-state index < -0.39 is 0 Å². The van der Waals surface area contributed by atoms with Crippen LogP contribution in [0.5, 0.6) is 17.4 Å². The van der Waals surface area contributed by atoms with Crippen molar-refractivity contribution >= 4 is 29.9 Å². The predicted molar refractivity (Wildman–Crippen MR) is 136 cm³/mol. The number of guanidine groups is 1. The highest BCUT2D eigenvalue weighted by Crippen LogP contribution is 2.27. The quantitative estimate of drug-likeness (QED) is 0.252. The first-order valence-corrected chi connectivity index (χ1v) is 10.3. The van der Waals surface area contributed by atoms with Crippen molar-refractivity contribution in [1.29, 1.82) is 0 Å².